The van der Waals surface area contributed by atoms with E-state index in [1.165, 1.54) is 0 Å². The van der Waals surface area contributed by atoms with Gasteiger partial charge < -0.3 is 0 Å². The Bertz CT molecular complexity index is 481. The molecule has 5 heteroatoms. The molecule has 102 valence electrons. The van der Waals surface area contributed by atoms with Crippen LogP contribution in [0.25, 0.3) is 0 Å². The Morgan fingerprint density at radius 2 is 2.05 bits per heavy atom. The van der Waals surface area contributed by atoms with Gasteiger partial charge >= 0.3 is 0 Å². The van der Waals surface area contributed by atoms with E-state index in [4.69, 9.17) is 4.84 Å². The molecule has 0 fully saturated rings. The minimum atomic E-state index is 0.541. The van der Waals surface area contributed by atoms with Gasteiger partial charge in [-0.3, -0.25) is 4.84 Å². The molecular weight excluding hydrogens is 240 g/mol. The molecule has 1 aromatic carbocycles. The zero-order valence-corrected chi connectivity index (χ0v) is 11.4. The lowest BCUT2D eigenvalue weighted by Crippen LogP contribution is -2.19. The van der Waals surface area contributed by atoms with Crippen LogP contribution in [0, 0.1) is 5.92 Å². The molecule has 0 bridgehead atoms. The van der Waals surface area contributed by atoms with Crippen molar-refractivity contribution in [3.63, 3.8) is 0 Å². The monoisotopic (exact) mass is 260 g/mol. The molecule has 19 heavy (non-hydrogen) atoms. The molecule has 5 nitrogen and oxygen atoms in total. The highest BCUT2D eigenvalue weighted by Gasteiger charge is 2.05. The third-order valence-corrected chi connectivity index (χ3v) is 2.65. The zero-order chi connectivity index (χ0) is 13.5. The summed E-state index contributed by atoms with van der Waals surface area (Å²) in [6, 6.07) is 10.0. The van der Waals surface area contributed by atoms with Gasteiger partial charge in [0.25, 0.3) is 0 Å². The third kappa shape index (κ3) is 4.46. The highest BCUT2D eigenvalue weighted by atomic mass is 16.6. The van der Waals surface area contributed by atoms with Gasteiger partial charge in [0.2, 0.25) is 0 Å². The standard InChI is InChI=1S/C14H20N4O/c1-12(2)9-18-14(15-11-16-18)8-17-19-10-13-6-4-3-5-7-13/h3-7,11-12,17H,8-10H2,1-2H3. The lowest BCUT2D eigenvalue weighted by molar-refractivity contribution is 0.0213. The number of hydroxylamine groups is 1. The summed E-state index contributed by atoms with van der Waals surface area (Å²) < 4.78 is 1.91. The third-order valence-electron chi connectivity index (χ3n) is 2.65. The lowest BCUT2D eigenvalue weighted by atomic mass is 10.2. The molecule has 2 rings (SSSR count). The van der Waals surface area contributed by atoms with Crippen molar-refractivity contribution < 1.29 is 4.84 Å². The average Bonchev–Trinajstić information content (AvgIpc) is 2.82. The Morgan fingerprint density at radius 3 is 2.79 bits per heavy atom. The van der Waals surface area contributed by atoms with Crippen molar-refractivity contribution in [3.8, 4) is 0 Å². The molecule has 1 aromatic heterocycles. The van der Waals surface area contributed by atoms with Gasteiger partial charge in [-0.2, -0.15) is 10.6 Å². The van der Waals surface area contributed by atoms with E-state index in [9.17, 15) is 0 Å². The zero-order valence-electron chi connectivity index (χ0n) is 11.4. The molecule has 0 saturated heterocycles. The van der Waals surface area contributed by atoms with Crippen LogP contribution in [0.15, 0.2) is 36.7 Å². The first kappa shape index (κ1) is 13.7. The second-order valence-corrected chi connectivity index (χ2v) is 4.85. The summed E-state index contributed by atoms with van der Waals surface area (Å²) in [4.78, 5) is 9.65. The Kier molecular flexibility index (Phi) is 5.06. The average molecular weight is 260 g/mol. The molecule has 0 radical (unpaired) electrons. The van der Waals surface area contributed by atoms with E-state index < -0.39 is 0 Å². The minimum absolute atomic E-state index is 0.541. The van der Waals surface area contributed by atoms with Crippen molar-refractivity contribution in [1.29, 1.82) is 0 Å². The van der Waals surface area contributed by atoms with E-state index in [2.05, 4.69) is 29.4 Å². The predicted molar refractivity (Wildman–Crippen MR) is 72.9 cm³/mol. The van der Waals surface area contributed by atoms with Crippen molar-refractivity contribution in [1.82, 2.24) is 20.2 Å². The molecule has 0 spiro atoms. The normalized spacial score (nSPS) is 11.1. The van der Waals surface area contributed by atoms with E-state index in [0.717, 1.165) is 17.9 Å². The van der Waals surface area contributed by atoms with Gasteiger partial charge in [0.1, 0.15) is 12.2 Å². The molecule has 0 aliphatic carbocycles. The van der Waals surface area contributed by atoms with Gasteiger partial charge in [-0.05, 0) is 11.5 Å². The molecule has 1 heterocycles. The second kappa shape index (κ2) is 7.01. The first-order valence-corrected chi connectivity index (χ1v) is 6.51. The SMILES string of the molecule is CC(C)Cn1ncnc1CNOCc1ccccc1. The summed E-state index contributed by atoms with van der Waals surface area (Å²) in [5, 5.41) is 4.20. The summed E-state index contributed by atoms with van der Waals surface area (Å²) in [7, 11) is 0. The molecule has 0 saturated carbocycles. The number of benzene rings is 1. The maximum Gasteiger partial charge on any atom is 0.143 e. The van der Waals surface area contributed by atoms with Crippen LogP contribution < -0.4 is 5.48 Å². The van der Waals surface area contributed by atoms with Crippen molar-refractivity contribution in [2.75, 3.05) is 0 Å². The van der Waals surface area contributed by atoms with Crippen LogP contribution in [0.5, 0.6) is 0 Å². The van der Waals surface area contributed by atoms with Gasteiger partial charge in [0.05, 0.1) is 13.2 Å². The fourth-order valence-corrected chi connectivity index (χ4v) is 1.75. The first-order valence-electron chi connectivity index (χ1n) is 6.51. The summed E-state index contributed by atoms with van der Waals surface area (Å²) >= 11 is 0. The molecule has 0 aliphatic heterocycles. The topological polar surface area (TPSA) is 52.0 Å². The maximum absolute atomic E-state index is 5.42. The van der Waals surface area contributed by atoms with Crippen molar-refractivity contribution in [2.45, 2.75) is 33.5 Å². The molecule has 1 N–H and O–H groups in total. The van der Waals surface area contributed by atoms with Crippen LogP contribution in [0.4, 0.5) is 0 Å². The van der Waals surface area contributed by atoms with Crippen LogP contribution in [0.1, 0.15) is 25.2 Å². The van der Waals surface area contributed by atoms with Crippen LogP contribution in [-0.4, -0.2) is 14.8 Å². The van der Waals surface area contributed by atoms with Gasteiger partial charge in [0, 0.05) is 6.54 Å². The molecule has 2 aromatic rings. The molecule has 0 atom stereocenters. The summed E-state index contributed by atoms with van der Waals surface area (Å²) in [6.07, 6.45) is 1.58. The summed E-state index contributed by atoms with van der Waals surface area (Å²) in [6.45, 7) is 6.28. The Hall–Kier alpha value is -1.72. The number of rotatable bonds is 7. The van der Waals surface area contributed by atoms with Crippen LogP contribution in [0.2, 0.25) is 0 Å². The Morgan fingerprint density at radius 1 is 1.26 bits per heavy atom. The smallest absolute Gasteiger partial charge is 0.143 e. The molecule has 0 unspecified atom stereocenters. The van der Waals surface area contributed by atoms with Crippen molar-refractivity contribution in [3.05, 3.63) is 48.0 Å². The van der Waals surface area contributed by atoms with Crippen LogP contribution in [0.3, 0.4) is 0 Å². The fourth-order valence-electron chi connectivity index (χ4n) is 1.75. The highest BCUT2D eigenvalue weighted by Crippen LogP contribution is 2.02. The number of hydrogen-bond donors (Lipinski definition) is 1. The molecular formula is C14H20N4O. The Balaban J connectivity index is 1.75. The Labute approximate surface area is 113 Å². The molecule has 0 amide bonds. The van der Waals surface area contributed by atoms with E-state index >= 15 is 0 Å². The highest BCUT2D eigenvalue weighted by molar-refractivity contribution is 5.13. The fraction of sp³-hybridized carbons (Fsp3) is 0.429. The summed E-state index contributed by atoms with van der Waals surface area (Å²) in [5.74, 6) is 1.44. The summed E-state index contributed by atoms with van der Waals surface area (Å²) in [5.41, 5.74) is 4.06. The van der Waals surface area contributed by atoms with Gasteiger partial charge in [-0.25, -0.2) is 9.67 Å². The lowest BCUT2D eigenvalue weighted by Gasteiger charge is -2.09. The van der Waals surface area contributed by atoms with E-state index in [0.29, 0.717) is 19.1 Å². The van der Waals surface area contributed by atoms with Crippen LogP contribution in [-0.2, 0) is 24.5 Å². The van der Waals surface area contributed by atoms with Crippen molar-refractivity contribution >= 4 is 0 Å². The number of aromatic nitrogens is 3. The largest absolute Gasteiger partial charge is 0.297 e. The maximum atomic E-state index is 5.42. The van der Waals surface area contributed by atoms with Gasteiger partial charge in [-0.15, -0.1) is 0 Å². The predicted octanol–water partition coefficient (Wildman–Crippen LogP) is 2.16. The van der Waals surface area contributed by atoms with Crippen molar-refractivity contribution in [2.24, 2.45) is 5.92 Å². The number of nitrogens with zero attached hydrogens (tertiary/aromatic N) is 3. The van der Waals surface area contributed by atoms with E-state index in [-0.39, 0.29) is 0 Å². The minimum Gasteiger partial charge on any atom is -0.297 e. The molecule has 0 aliphatic rings. The van der Waals surface area contributed by atoms with Gasteiger partial charge in [-0.1, -0.05) is 44.2 Å². The van der Waals surface area contributed by atoms with E-state index in [1.54, 1.807) is 6.33 Å². The van der Waals surface area contributed by atoms with E-state index in [1.807, 2.05) is 35.0 Å². The van der Waals surface area contributed by atoms with Crippen LogP contribution >= 0.6 is 0 Å². The second-order valence-electron chi connectivity index (χ2n) is 4.85. The first-order chi connectivity index (χ1) is 9.25. The quantitative estimate of drug-likeness (QED) is 0.612. The number of nitrogens with one attached hydrogen (secondary N) is 1. The number of hydrogen-bond acceptors (Lipinski definition) is 4. The van der Waals surface area contributed by atoms with Gasteiger partial charge in [0.15, 0.2) is 0 Å².